The maximum atomic E-state index is 14.8. The Bertz CT molecular complexity index is 2970. The Kier molecular flexibility index (Phi) is 71.3. The van der Waals surface area contributed by atoms with Gasteiger partial charge in [-0.1, -0.05) is 26.2 Å². The number of aromatic nitrogens is 4. The van der Waals surface area contributed by atoms with E-state index in [1.807, 2.05) is 31.3 Å². The molecule has 0 saturated carbocycles. The third kappa shape index (κ3) is 36.9. The topological polar surface area (TPSA) is 157 Å². The van der Waals surface area contributed by atoms with Crippen molar-refractivity contribution in [3.05, 3.63) is 60.0 Å². The average molecular weight is 2530 g/mol. The summed E-state index contributed by atoms with van der Waals surface area (Å²) in [5.74, 6) is -0.589. The maximum absolute atomic E-state index is 14.8. The molecule has 75 heteroatoms. The second kappa shape index (κ2) is 60.6. The summed E-state index contributed by atoms with van der Waals surface area (Å²) in [4.78, 5) is 8.08. The summed E-state index contributed by atoms with van der Waals surface area (Å²) < 4.78 is 45.9. The molecular formula is C24H90FN6O4P63S. The van der Waals surface area contributed by atoms with E-state index in [-0.39, 0.29) is 257 Å². The molecule has 0 fully saturated rings. The molecule has 0 radical (unpaired) electrons. The highest BCUT2D eigenvalue weighted by atomic mass is 33.6. The molecule has 2 aromatic carbocycles. The van der Waals surface area contributed by atoms with Crippen molar-refractivity contribution in [1.29, 1.82) is 0 Å². The highest BCUT2D eigenvalue weighted by molar-refractivity contribution is 9.55. The summed E-state index contributed by atoms with van der Waals surface area (Å²) in [6.45, 7) is -5.41. The molecular weight excluding hydrogens is 2440 g/mol. The summed E-state index contributed by atoms with van der Waals surface area (Å²) >= 11 is 0. The summed E-state index contributed by atoms with van der Waals surface area (Å²) in [5, 5.41) is 19.3. The van der Waals surface area contributed by atoms with E-state index in [1.165, 1.54) is 25.3 Å². The van der Waals surface area contributed by atoms with Crippen molar-refractivity contribution in [3.63, 3.8) is 0 Å². The van der Waals surface area contributed by atoms with Crippen LogP contribution in [0.4, 0.5) is 10.2 Å². The molecule has 568 valence electrons. The molecule has 2 heterocycles. The molecule has 10 nitrogen and oxygen atoms in total. The Hall–Kier alpha value is 23.3. The molecule has 38 unspecified atom stereocenters. The van der Waals surface area contributed by atoms with Crippen molar-refractivity contribution in [1.82, 2.24) is 25.5 Å². The highest BCUT2D eigenvalue weighted by Crippen LogP contribution is 3.49. The van der Waals surface area contributed by atoms with E-state index in [9.17, 15) is 12.8 Å². The lowest BCUT2D eigenvalue weighted by molar-refractivity contribution is 0.287. The van der Waals surface area contributed by atoms with Crippen molar-refractivity contribution < 1.29 is 22.3 Å². The first-order valence-corrected chi connectivity index (χ1v) is 141. The number of nitrogens with one attached hydrogen (secondary N) is 1. The summed E-state index contributed by atoms with van der Waals surface area (Å²) in [6, 6.07) is 11.3. The summed E-state index contributed by atoms with van der Waals surface area (Å²) in [6.07, 6.45) is 1.34. The molecule has 0 bridgehead atoms. The maximum Gasteiger partial charge on any atom is 0.270 e. The van der Waals surface area contributed by atoms with E-state index in [0.717, 1.165) is 26.1 Å². The molecule has 2 aromatic heterocycles. The number of rotatable bonds is 39. The van der Waals surface area contributed by atoms with Crippen LogP contribution in [0.2, 0.25) is 0 Å². The van der Waals surface area contributed by atoms with Gasteiger partial charge in [-0.2, -0.15) is 0 Å². The van der Waals surface area contributed by atoms with Crippen molar-refractivity contribution in [3.8, 4) is 34.3 Å². The van der Waals surface area contributed by atoms with Gasteiger partial charge in [0.2, 0.25) is 5.89 Å². The van der Waals surface area contributed by atoms with Crippen LogP contribution in [0.25, 0.3) is 34.3 Å². The number of anilines is 1. The summed E-state index contributed by atoms with van der Waals surface area (Å²) in [5.41, 5.74) is 8.44. The van der Waals surface area contributed by atoms with Gasteiger partial charge >= 0.3 is 0 Å². The number of sulfone groups is 1. The van der Waals surface area contributed by atoms with Crippen LogP contribution in [0.15, 0.2) is 58.0 Å². The first-order chi connectivity index (χ1) is 45.9. The van der Waals surface area contributed by atoms with Crippen LogP contribution in [-0.4, -0.2) is 52.6 Å². The first-order valence-electron chi connectivity index (χ1n) is 25.4. The van der Waals surface area contributed by atoms with Gasteiger partial charge in [0.15, 0.2) is 21.3 Å². The lowest BCUT2D eigenvalue weighted by atomic mass is 10.1. The molecule has 0 aliphatic rings. The second-order valence-corrected chi connectivity index (χ2v) is 279. The molecule has 38 atom stereocenters. The minimum atomic E-state index is -3.95. The highest BCUT2D eigenvalue weighted by Gasteiger charge is 2.62. The molecule has 4 N–H and O–H groups in total. The fourth-order valence-corrected chi connectivity index (χ4v) is 918. The predicted molar refractivity (Wildman–Crippen MR) is 658 cm³/mol. The first kappa shape index (κ1) is 117. The largest absolute Gasteiger partial charge is 0.414 e. The molecule has 0 aliphatic heterocycles. The third-order valence-electron chi connectivity index (χ3n) is 11.1. The predicted octanol–water partition coefficient (Wildman–Crippen LogP) is 39.7. The SMILES string of the molecule is CNCc1ccc(-c2nnc(-c3nc(-c4ccc(S(=O)(=O)C(C)CCO)c(F)c4)cnc3N)o2)cc1.PPP(P)P(P(P)P)P(P(P(P)P)P(P)P)P(P(P(P(P)P)P(P)P)P(P(P)P)P(P)P)P(P(P(P(P)P)P(P)P)P(P(P)P)P(P)P)P(P(P(P)P)P(P)P)P(P(P)P)P(P)P. The Morgan fingerprint density at radius 1 is 0.495 bits per heavy atom. The standard InChI is InChI=1S/C24H25FN6O4S.H65P63/c1-14(9-10-32)36(33,34)20-8-7-17(11-18(20)25)19-13-28-22(26)21(29-19)24-31-30-23(35-24)16-5-3-15(4-6-16)12-27-2;1-33-49(32)57(48(30)31)61(56(46(26)27)47(28)29)63(60(54(42(18)19)43(20)21)55(44(22)23)45(24)25)62(58(50(34(2)3)35(4)5)51(36(6)7)37(8)9)59(52(38(10)11)39(12)13)53(40(14)15)41(16)17/h3-8,11,13-14,27,32H,9-10,12H2,1-2H3,(H2,26,28);33H,1-32H2. The zero-order valence-electron chi connectivity index (χ0n) is 52.0. The smallest absolute Gasteiger partial charge is 0.270 e. The van der Waals surface area contributed by atoms with E-state index >= 15 is 0 Å². The Labute approximate surface area is 701 Å². The van der Waals surface area contributed by atoms with E-state index in [2.05, 4.69) is 311 Å². The van der Waals surface area contributed by atoms with Gasteiger partial charge in [-0.05, 0) is 260 Å². The van der Waals surface area contributed by atoms with Crippen molar-refractivity contribution in [2.24, 2.45) is 0 Å². The quantitative estimate of drug-likeness (QED) is 0.0367. The average Bonchev–Trinajstić information content (AvgIpc) is 0.949. The number of nitrogens with zero attached hydrogens (tertiary/aromatic N) is 4. The zero-order chi connectivity index (χ0) is 75.9. The lowest BCUT2D eigenvalue weighted by Gasteiger charge is -2.60. The van der Waals surface area contributed by atoms with Gasteiger partial charge in [-0.15, -0.1) is 296 Å². The molecule has 99 heavy (non-hydrogen) atoms. The number of aliphatic hydroxyl groups excluding tert-OH is 1. The lowest BCUT2D eigenvalue weighted by Crippen LogP contribution is -2.20. The second-order valence-electron chi connectivity index (χ2n) is 18.1. The monoisotopic (exact) mass is 2530 g/mol. The van der Waals surface area contributed by atoms with Crippen LogP contribution in [-0.2, 0) is 16.4 Å². The third-order valence-corrected chi connectivity index (χ3v) is 454. The molecule has 0 saturated heterocycles. The normalized spacial score (nSPS) is 15.1. The Morgan fingerprint density at radius 2 is 0.808 bits per heavy atom. The van der Waals surface area contributed by atoms with Gasteiger partial charge in [-0.3, -0.25) is 0 Å². The van der Waals surface area contributed by atoms with Gasteiger partial charge in [0, 0.05) is 24.3 Å². The summed E-state index contributed by atoms with van der Waals surface area (Å²) in [7, 11) is 113. The minimum absolute atomic E-state index is 0.00256. The number of nitrogens with two attached hydrogens (primary N) is 1. The number of benzene rings is 2. The van der Waals surface area contributed by atoms with Crippen molar-refractivity contribution in [2.75, 3.05) is 19.4 Å². The number of hydrogen-bond acceptors (Lipinski definition) is 10. The van der Waals surface area contributed by atoms with E-state index in [0.29, 0.717) is 5.56 Å². The van der Waals surface area contributed by atoms with Crippen LogP contribution in [0, 0.1) is 5.82 Å². The van der Waals surface area contributed by atoms with Crippen molar-refractivity contribution >= 4 is 519 Å². The van der Waals surface area contributed by atoms with Crippen molar-refractivity contribution in [2.45, 2.75) is 30.0 Å². The van der Waals surface area contributed by atoms with Gasteiger partial charge in [0.1, 0.15) is 10.7 Å². The van der Waals surface area contributed by atoms with Gasteiger partial charge in [-0.25, -0.2) is 22.8 Å². The number of hydrogen-bond donors (Lipinski definition) is 3. The van der Waals surface area contributed by atoms with E-state index in [1.54, 1.807) is 0 Å². The van der Waals surface area contributed by atoms with Crippen LogP contribution < -0.4 is 11.1 Å². The number of nitrogen functional groups attached to an aromatic ring is 1. The molecule has 4 rings (SSSR count). The number of halogens is 1. The van der Waals surface area contributed by atoms with E-state index in [4.69, 9.17) is 15.3 Å². The fourth-order valence-electron chi connectivity index (χ4n) is 7.30. The Morgan fingerprint density at radius 3 is 1.11 bits per heavy atom. The van der Waals surface area contributed by atoms with E-state index < -0.39 is 25.8 Å². The van der Waals surface area contributed by atoms with Gasteiger partial charge in [0.25, 0.3) is 5.89 Å². The van der Waals surface area contributed by atoms with Crippen LogP contribution >= 0.6 is 503 Å². The molecule has 0 aliphatic carbocycles. The van der Waals surface area contributed by atoms with Crippen LogP contribution in [0.1, 0.15) is 18.9 Å². The molecule has 0 spiro atoms. The zero-order valence-corrected chi connectivity index (χ0v) is 118. The fraction of sp³-hybridized carbons (Fsp3) is 0.250. The number of aliphatic hydroxyl groups is 1. The van der Waals surface area contributed by atoms with Gasteiger partial charge < -0.3 is 20.6 Å². The minimum Gasteiger partial charge on any atom is -0.414 e. The van der Waals surface area contributed by atoms with Gasteiger partial charge in [0.05, 0.1) is 17.1 Å². The van der Waals surface area contributed by atoms with Crippen LogP contribution in [0.5, 0.6) is 0 Å². The Balaban J connectivity index is 0.000000591. The van der Waals surface area contributed by atoms with Crippen LogP contribution in [0.3, 0.4) is 0 Å². The molecule has 0 amide bonds. The molecule has 4 aromatic rings.